The number of nitro groups is 1. The maximum absolute atomic E-state index is 13.2. The number of nitro benzene ring substituents is 1. The Hall–Kier alpha value is -1.98. The van der Waals surface area contributed by atoms with E-state index in [1.165, 1.54) is 18.9 Å². The predicted octanol–water partition coefficient (Wildman–Crippen LogP) is 2.65. The van der Waals surface area contributed by atoms with Gasteiger partial charge >= 0.3 is 5.69 Å². The van der Waals surface area contributed by atoms with Gasteiger partial charge in [-0.15, -0.1) is 0 Å². The minimum atomic E-state index is -0.928. The molecule has 0 aliphatic heterocycles. The number of benzene rings is 1. The highest BCUT2D eigenvalue weighted by atomic mass is 19.1. The lowest BCUT2D eigenvalue weighted by molar-refractivity contribution is -0.387. The molecule has 0 atom stereocenters. The molecule has 0 unspecified atom stereocenters. The Balaban J connectivity index is 1.67. The topological polar surface area (TPSA) is 72.2 Å². The van der Waals surface area contributed by atoms with E-state index in [2.05, 4.69) is 5.32 Å². The molecule has 1 aromatic carbocycles. The van der Waals surface area contributed by atoms with Gasteiger partial charge in [-0.3, -0.25) is 14.9 Å². The van der Waals surface area contributed by atoms with E-state index in [4.69, 9.17) is 0 Å². The summed E-state index contributed by atoms with van der Waals surface area (Å²) in [4.78, 5) is 21.8. The molecule has 6 heteroatoms. The number of nitrogens with zero attached hydrogens (tertiary/aromatic N) is 1. The first-order valence-corrected chi connectivity index (χ1v) is 6.74. The quantitative estimate of drug-likeness (QED) is 0.664. The van der Waals surface area contributed by atoms with Crippen molar-refractivity contribution in [1.29, 1.82) is 0 Å². The zero-order valence-electron chi connectivity index (χ0n) is 10.9. The first kappa shape index (κ1) is 13.0. The number of rotatable bonds is 5. The summed E-state index contributed by atoms with van der Waals surface area (Å²) < 4.78 is 13.2. The van der Waals surface area contributed by atoms with Gasteiger partial charge in [0.2, 0.25) is 5.82 Å². The van der Waals surface area contributed by atoms with Gasteiger partial charge in [0.1, 0.15) is 0 Å². The lowest BCUT2D eigenvalue weighted by atomic mass is 10.0. The number of halogens is 1. The molecular weight excluding hydrogens is 263 g/mol. The number of amides is 1. The molecule has 0 heterocycles. The summed E-state index contributed by atoms with van der Waals surface area (Å²) in [6.45, 7) is 0.613. The molecule has 20 heavy (non-hydrogen) atoms. The molecule has 2 saturated carbocycles. The van der Waals surface area contributed by atoms with Crippen molar-refractivity contribution in [3.63, 3.8) is 0 Å². The monoisotopic (exact) mass is 278 g/mol. The Morgan fingerprint density at radius 2 is 2.15 bits per heavy atom. The van der Waals surface area contributed by atoms with Crippen LogP contribution in [0.1, 0.15) is 36.0 Å². The summed E-state index contributed by atoms with van der Waals surface area (Å²) >= 11 is 0. The Kier molecular flexibility index (Phi) is 2.96. The zero-order chi connectivity index (χ0) is 14.3. The highest BCUT2D eigenvalue weighted by Gasteiger charge is 2.53. The van der Waals surface area contributed by atoms with Crippen molar-refractivity contribution < 1.29 is 14.1 Å². The highest BCUT2D eigenvalue weighted by molar-refractivity contribution is 5.94. The van der Waals surface area contributed by atoms with E-state index in [0.29, 0.717) is 6.54 Å². The minimum absolute atomic E-state index is 0.129. The highest BCUT2D eigenvalue weighted by Crippen LogP contribution is 2.60. The van der Waals surface area contributed by atoms with Crippen LogP contribution in [-0.2, 0) is 0 Å². The third-order valence-electron chi connectivity index (χ3n) is 4.34. The normalized spacial score (nSPS) is 19.4. The molecule has 5 nitrogen and oxygen atoms in total. The molecule has 2 aliphatic rings. The van der Waals surface area contributed by atoms with Gasteiger partial charge < -0.3 is 5.32 Å². The van der Waals surface area contributed by atoms with Crippen LogP contribution in [0, 0.1) is 27.3 Å². The van der Waals surface area contributed by atoms with E-state index >= 15 is 0 Å². The van der Waals surface area contributed by atoms with Gasteiger partial charge in [0.05, 0.1) is 4.92 Å². The van der Waals surface area contributed by atoms with Crippen LogP contribution in [0.3, 0.4) is 0 Å². The van der Waals surface area contributed by atoms with Crippen LogP contribution in [0.2, 0.25) is 0 Å². The van der Waals surface area contributed by atoms with E-state index in [0.717, 1.165) is 30.9 Å². The van der Waals surface area contributed by atoms with Crippen LogP contribution in [0.5, 0.6) is 0 Å². The molecule has 2 fully saturated rings. The van der Waals surface area contributed by atoms with E-state index < -0.39 is 16.4 Å². The van der Waals surface area contributed by atoms with Crippen LogP contribution >= 0.6 is 0 Å². The number of carbonyl (C=O) groups is 1. The van der Waals surface area contributed by atoms with Crippen LogP contribution in [0.4, 0.5) is 10.1 Å². The molecule has 0 spiro atoms. The Bertz CT molecular complexity index is 580. The van der Waals surface area contributed by atoms with Gasteiger partial charge in [-0.1, -0.05) is 0 Å². The van der Waals surface area contributed by atoms with Gasteiger partial charge in [-0.25, -0.2) is 0 Å². The van der Waals surface area contributed by atoms with Crippen molar-refractivity contribution in [2.75, 3.05) is 6.54 Å². The second-order valence-electron chi connectivity index (χ2n) is 5.74. The summed E-state index contributed by atoms with van der Waals surface area (Å²) in [6.07, 6.45) is 4.75. The van der Waals surface area contributed by atoms with E-state index in [-0.39, 0.29) is 16.9 Å². The minimum Gasteiger partial charge on any atom is -0.351 e. The van der Waals surface area contributed by atoms with E-state index in [9.17, 15) is 19.3 Å². The van der Waals surface area contributed by atoms with Gasteiger partial charge in [0.25, 0.3) is 5.91 Å². The molecule has 2 aliphatic carbocycles. The van der Waals surface area contributed by atoms with Crippen molar-refractivity contribution in [3.8, 4) is 0 Å². The lowest BCUT2D eigenvalue weighted by Gasteiger charge is -2.14. The Morgan fingerprint density at radius 3 is 2.70 bits per heavy atom. The van der Waals surface area contributed by atoms with Gasteiger partial charge in [0.15, 0.2) is 0 Å². The van der Waals surface area contributed by atoms with Crippen molar-refractivity contribution in [1.82, 2.24) is 5.32 Å². The lowest BCUT2D eigenvalue weighted by Crippen LogP contribution is -2.31. The molecule has 1 aromatic rings. The maximum atomic E-state index is 13.2. The number of carbonyl (C=O) groups excluding carboxylic acids is 1. The molecule has 3 rings (SSSR count). The molecular formula is C14H15FN2O3. The van der Waals surface area contributed by atoms with Crippen molar-refractivity contribution >= 4 is 11.6 Å². The summed E-state index contributed by atoms with van der Waals surface area (Å²) in [6, 6.07) is 3.22. The second-order valence-corrected chi connectivity index (χ2v) is 5.74. The number of hydrogen-bond acceptors (Lipinski definition) is 3. The first-order chi connectivity index (χ1) is 9.52. The summed E-state index contributed by atoms with van der Waals surface area (Å²) in [5, 5.41) is 13.5. The molecule has 106 valence electrons. The molecule has 0 bridgehead atoms. The van der Waals surface area contributed by atoms with Crippen molar-refractivity contribution in [2.24, 2.45) is 11.3 Å². The predicted molar refractivity (Wildman–Crippen MR) is 69.8 cm³/mol. The number of nitrogens with one attached hydrogen (secondary N) is 1. The standard InChI is InChI=1S/C14H15FN2O3/c15-11-4-1-9(7-12(11)17(19)20)13(18)16-8-14(5-6-14)10-2-3-10/h1,4,7,10H,2-3,5-6,8H2,(H,16,18). The van der Waals surface area contributed by atoms with Crippen LogP contribution in [0.15, 0.2) is 18.2 Å². The number of hydrogen-bond donors (Lipinski definition) is 1. The summed E-state index contributed by atoms with van der Waals surface area (Å²) in [5.41, 5.74) is -0.271. The first-order valence-electron chi connectivity index (χ1n) is 6.74. The molecule has 0 radical (unpaired) electrons. The van der Waals surface area contributed by atoms with Crippen molar-refractivity contribution in [2.45, 2.75) is 25.7 Å². The van der Waals surface area contributed by atoms with Crippen LogP contribution < -0.4 is 5.32 Å². The summed E-state index contributed by atoms with van der Waals surface area (Å²) in [7, 11) is 0. The fourth-order valence-corrected chi connectivity index (χ4v) is 2.74. The van der Waals surface area contributed by atoms with Crippen molar-refractivity contribution in [3.05, 3.63) is 39.7 Å². The van der Waals surface area contributed by atoms with E-state index in [1.54, 1.807) is 0 Å². The van der Waals surface area contributed by atoms with Crippen LogP contribution in [0.25, 0.3) is 0 Å². The van der Waals surface area contributed by atoms with Gasteiger partial charge in [-0.2, -0.15) is 4.39 Å². The third kappa shape index (κ3) is 2.37. The summed E-state index contributed by atoms with van der Waals surface area (Å²) in [5.74, 6) is -0.575. The fourth-order valence-electron chi connectivity index (χ4n) is 2.74. The smallest absolute Gasteiger partial charge is 0.305 e. The second kappa shape index (κ2) is 4.54. The zero-order valence-corrected chi connectivity index (χ0v) is 10.9. The molecule has 1 amide bonds. The largest absolute Gasteiger partial charge is 0.351 e. The van der Waals surface area contributed by atoms with E-state index in [1.807, 2.05) is 0 Å². The van der Waals surface area contributed by atoms with Gasteiger partial charge in [0, 0.05) is 18.2 Å². The Morgan fingerprint density at radius 1 is 1.45 bits per heavy atom. The van der Waals surface area contributed by atoms with Gasteiger partial charge in [-0.05, 0) is 49.1 Å². The third-order valence-corrected chi connectivity index (χ3v) is 4.34. The molecule has 0 aromatic heterocycles. The average molecular weight is 278 g/mol. The Labute approximate surface area is 115 Å². The molecule has 1 N–H and O–H groups in total. The SMILES string of the molecule is O=C(NCC1(C2CC2)CC1)c1ccc(F)c([N+](=O)[O-])c1. The fraction of sp³-hybridized carbons (Fsp3) is 0.500. The molecule has 0 saturated heterocycles. The maximum Gasteiger partial charge on any atom is 0.305 e. The average Bonchev–Trinajstić information content (AvgIpc) is 3.27. The van der Waals surface area contributed by atoms with Crippen LogP contribution in [-0.4, -0.2) is 17.4 Å².